The van der Waals surface area contributed by atoms with Gasteiger partial charge in [0, 0.05) is 10.8 Å². The zero-order valence-electron chi connectivity index (χ0n) is 10.7. The Morgan fingerprint density at radius 1 is 0.600 bits per heavy atom. The van der Waals surface area contributed by atoms with Crippen LogP contribution in [0.2, 0.25) is 0 Å². The molecule has 0 aliphatic heterocycles. The molecule has 0 unspecified atom stereocenters. The van der Waals surface area contributed by atoms with Crippen LogP contribution in [-0.4, -0.2) is 0 Å². The normalized spacial score (nSPS) is 11.0. The van der Waals surface area contributed by atoms with Crippen molar-refractivity contribution >= 4 is 32.9 Å². The van der Waals surface area contributed by atoms with Gasteiger partial charge in [-0.1, -0.05) is 36.4 Å². The lowest BCUT2D eigenvalue weighted by Gasteiger charge is -1.96. The molecule has 0 radical (unpaired) electrons. The second kappa shape index (κ2) is 4.42. The fourth-order valence-corrected chi connectivity index (χ4v) is 2.42. The second-order valence-electron chi connectivity index (χ2n) is 4.67. The largest absolute Gasteiger partial charge is 0.464 e. The van der Waals surface area contributed by atoms with Crippen LogP contribution in [0.5, 0.6) is 0 Å². The van der Waals surface area contributed by atoms with Crippen molar-refractivity contribution in [3.05, 3.63) is 73.0 Å². The van der Waals surface area contributed by atoms with Crippen molar-refractivity contribution in [2.75, 3.05) is 0 Å². The van der Waals surface area contributed by atoms with Gasteiger partial charge < -0.3 is 8.83 Å². The molecule has 0 fully saturated rings. The van der Waals surface area contributed by atoms with Gasteiger partial charge in [0.15, 0.2) is 0 Å². The predicted molar refractivity (Wildman–Crippen MR) is 81.1 cm³/mol. The van der Waals surface area contributed by atoms with Crippen molar-refractivity contribution in [2.24, 2.45) is 0 Å². The maximum absolute atomic E-state index is 6.02. The highest BCUT2D eigenvalue weighted by molar-refractivity contribution is 6.02. The van der Waals surface area contributed by atoms with Gasteiger partial charge in [0.1, 0.15) is 16.7 Å². The summed E-state index contributed by atoms with van der Waals surface area (Å²) in [7, 11) is 0. The summed E-state index contributed by atoms with van der Waals surface area (Å²) in [6, 6.07) is 22.0. The summed E-state index contributed by atoms with van der Waals surface area (Å²) < 4.78 is 11.7. The number of hydrogen-bond donors (Lipinski definition) is 0. The number of rotatable bonds is 0. The van der Waals surface area contributed by atoms with E-state index in [0.717, 1.165) is 32.9 Å². The predicted octanol–water partition coefficient (Wildman–Crippen LogP) is 5.46. The van der Waals surface area contributed by atoms with Crippen LogP contribution in [0.15, 0.2) is 81.8 Å². The van der Waals surface area contributed by atoms with E-state index in [2.05, 4.69) is 6.07 Å². The summed E-state index contributed by atoms with van der Waals surface area (Å²) in [5, 5.41) is 3.08. The third-order valence-electron chi connectivity index (χ3n) is 3.41. The molecule has 0 amide bonds. The first-order valence-electron chi connectivity index (χ1n) is 6.54. The fraction of sp³-hybridized carbons (Fsp3) is 0. The van der Waals surface area contributed by atoms with Crippen LogP contribution in [0.4, 0.5) is 0 Å². The lowest BCUT2D eigenvalue weighted by molar-refractivity contribution is 0.609. The molecule has 2 aromatic heterocycles. The zero-order valence-corrected chi connectivity index (χ0v) is 10.7. The van der Waals surface area contributed by atoms with Gasteiger partial charge in [-0.3, -0.25) is 0 Å². The molecule has 2 heterocycles. The van der Waals surface area contributed by atoms with Gasteiger partial charge in [0.05, 0.1) is 11.6 Å². The Morgan fingerprint density at radius 2 is 1.40 bits per heavy atom. The molecule has 4 rings (SSSR count). The van der Waals surface area contributed by atoms with Gasteiger partial charge in [0.25, 0.3) is 0 Å². The second-order valence-corrected chi connectivity index (χ2v) is 4.67. The molecule has 2 heteroatoms. The molecule has 0 N–H and O–H groups in total. The molecular weight excluding hydrogens is 248 g/mol. The molecule has 0 aliphatic carbocycles. The van der Waals surface area contributed by atoms with Crippen molar-refractivity contribution in [2.45, 2.75) is 0 Å². The van der Waals surface area contributed by atoms with Crippen LogP contribution in [0, 0.1) is 0 Å². The van der Waals surface area contributed by atoms with Crippen LogP contribution in [0.1, 0.15) is 0 Å². The minimum absolute atomic E-state index is 0.814. The summed E-state index contributed by atoms with van der Waals surface area (Å²) in [5.74, 6) is 0. The first-order chi connectivity index (χ1) is 9.92. The Balaban J connectivity index is 2.26. The minimum Gasteiger partial charge on any atom is -0.464 e. The van der Waals surface area contributed by atoms with E-state index in [1.165, 1.54) is 0 Å². The summed E-state index contributed by atoms with van der Waals surface area (Å²) >= 11 is 0. The quantitative estimate of drug-likeness (QED) is 0.420. The highest BCUT2D eigenvalue weighted by Crippen LogP contribution is 2.26. The fourth-order valence-electron chi connectivity index (χ4n) is 2.42. The molecule has 0 saturated carbocycles. The molecule has 20 heavy (non-hydrogen) atoms. The highest BCUT2D eigenvalue weighted by atomic mass is 16.3. The first kappa shape index (κ1) is 11.1. The third kappa shape index (κ3) is 1.74. The number of benzene rings is 2. The zero-order chi connectivity index (χ0) is 13.4. The summed E-state index contributed by atoms with van der Waals surface area (Å²) in [4.78, 5) is 0. The van der Waals surface area contributed by atoms with E-state index < -0.39 is 0 Å². The van der Waals surface area contributed by atoms with Gasteiger partial charge in [-0.05, 0) is 30.3 Å². The monoisotopic (exact) mass is 260 g/mol. The maximum Gasteiger partial charge on any atom is 0.144 e. The van der Waals surface area contributed by atoms with Crippen molar-refractivity contribution in [1.29, 1.82) is 0 Å². The molecule has 4 aromatic rings. The van der Waals surface area contributed by atoms with Crippen LogP contribution in [-0.2, 0) is 0 Å². The number of fused-ring (bicyclic) bond motifs is 4. The average molecular weight is 260 g/mol. The Labute approximate surface area is 115 Å². The molecule has 0 bridgehead atoms. The van der Waals surface area contributed by atoms with E-state index in [1.54, 1.807) is 6.26 Å². The van der Waals surface area contributed by atoms with Crippen molar-refractivity contribution < 1.29 is 8.83 Å². The van der Waals surface area contributed by atoms with Crippen LogP contribution >= 0.6 is 0 Å². The van der Waals surface area contributed by atoms with E-state index in [4.69, 9.17) is 8.83 Å². The van der Waals surface area contributed by atoms with Crippen LogP contribution in [0.3, 0.4) is 0 Å². The van der Waals surface area contributed by atoms with Crippen molar-refractivity contribution in [1.82, 2.24) is 0 Å². The number of hydrogen-bond acceptors (Lipinski definition) is 2. The van der Waals surface area contributed by atoms with Crippen LogP contribution in [0.25, 0.3) is 32.9 Å². The maximum atomic E-state index is 6.02. The average Bonchev–Trinajstić information content (AvgIpc) is 2.82. The molecule has 2 aromatic carbocycles. The molecule has 0 aliphatic rings. The van der Waals surface area contributed by atoms with Crippen molar-refractivity contribution in [3.8, 4) is 0 Å². The van der Waals surface area contributed by atoms with E-state index >= 15 is 0 Å². The molecule has 0 atom stereocenters. The molecule has 2 nitrogen and oxygen atoms in total. The molecule has 0 saturated heterocycles. The Hall–Kier alpha value is -2.74. The lowest BCUT2D eigenvalue weighted by Crippen LogP contribution is -1.70. The topological polar surface area (TPSA) is 26.3 Å². The summed E-state index contributed by atoms with van der Waals surface area (Å²) in [6.07, 6.45) is 1.69. The van der Waals surface area contributed by atoms with Gasteiger partial charge >= 0.3 is 0 Å². The van der Waals surface area contributed by atoms with E-state index in [9.17, 15) is 0 Å². The highest BCUT2D eigenvalue weighted by Gasteiger charge is 2.03. The molecule has 96 valence electrons. The smallest absolute Gasteiger partial charge is 0.144 e. The summed E-state index contributed by atoms with van der Waals surface area (Å²) in [5.41, 5.74) is 2.51. The molecular formula is C18H12O2. The van der Waals surface area contributed by atoms with Crippen LogP contribution < -0.4 is 0 Å². The van der Waals surface area contributed by atoms with E-state index in [1.807, 2.05) is 60.7 Å². The number of para-hydroxylation sites is 1. The third-order valence-corrected chi connectivity index (χ3v) is 3.41. The Morgan fingerprint density at radius 3 is 2.40 bits per heavy atom. The SMILES string of the molecule is c1ccc2ccc3oc4ccccc4ccc3c2oc1. The van der Waals surface area contributed by atoms with Gasteiger partial charge in [-0.15, -0.1) is 0 Å². The van der Waals surface area contributed by atoms with Gasteiger partial charge in [-0.25, -0.2) is 0 Å². The Kier molecular flexibility index (Phi) is 2.46. The van der Waals surface area contributed by atoms with E-state index in [0.29, 0.717) is 0 Å². The van der Waals surface area contributed by atoms with E-state index in [-0.39, 0.29) is 0 Å². The standard InChI is InChI=1S/C18H12O2/c1-2-7-16-13(5-1)8-10-15-17(20-16)11-9-14-6-3-4-12-19-18(14)15/h1-12H. The van der Waals surface area contributed by atoms with Crippen molar-refractivity contribution in [3.63, 3.8) is 0 Å². The van der Waals surface area contributed by atoms with Gasteiger partial charge in [-0.2, -0.15) is 0 Å². The summed E-state index contributed by atoms with van der Waals surface area (Å²) in [6.45, 7) is 0. The van der Waals surface area contributed by atoms with Gasteiger partial charge in [0.2, 0.25) is 0 Å². The lowest BCUT2D eigenvalue weighted by atomic mass is 10.1. The molecule has 0 spiro atoms. The Bertz CT molecular complexity index is 959. The minimum atomic E-state index is 0.814. The first-order valence-corrected chi connectivity index (χ1v) is 6.54.